The minimum Gasteiger partial charge on any atom is -0.497 e. The highest BCUT2D eigenvalue weighted by Crippen LogP contribution is 2.32. The molecule has 0 fully saturated rings. The van der Waals surface area contributed by atoms with E-state index in [0.29, 0.717) is 4.34 Å². The van der Waals surface area contributed by atoms with Crippen molar-refractivity contribution < 1.29 is 14.6 Å². The van der Waals surface area contributed by atoms with Gasteiger partial charge < -0.3 is 9.84 Å². The van der Waals surface area contributed by atoms with E-state index in [0.717, 1.165) is 16.3 Å². The van der Waals surface area contributed by atoms with Crippen LogP contribution in [0.5, 0.6) is 5.75 Å². The normalized spacial score (nSPS) is 12.1. The van der Waals surface area contributed by atoms with Crippen molar-refractivity contribution in [3.05, 3.63) is 24.3 Å². The molecule has 7 heteroatoms. The van der Waals surface area contributed by atoms with Crippen LogP contribution in [0.1, 0.15) is 6.92 Å². The fourth-order valence-corrected chi connectivity index (χ4v) is 3.25. The first-order chi connectivity index (χ1) is 9.10. The molecule has 0 saturated heterocycles. The summed E-state index contributed by atoms with van der Waals surface area (Å²) in [7, 11) is 1.61. The lowest BCUT2D eigenvalue weighted by Gasteiger charge is -2.00. The molecule has 5 nitrogen and oxygen atoms in total. The zero-order valence-electron chi connectivity index (χ0n) is 10.4. The topological polar surface area (TPSA) is 72.3 Å². The van der Waals surface area contributed by atoms with Crippen molar-refractivity contribution in [1.29, 1.82) is 0 Å². The van der Waals surface area contributed by atoms with Crippen LogP contribution in [0.4, 0.5) is 0 Å². The lowest BCUT2D eigenvalue weighted by molar-refractivity contribution is -0.136. The maximum Gasteiger partial charge on any atom is 0.316 e. The number of carboxylic acid groups (broad SMARTS) is 1. The van der Waals surface area contributed by atoms with Gasteiger partial charge in [0, 0.05) is 5.56 Å². The molecule has 0 aliphatic rings. The average molecular weight is 296 g/mol. The van der Waals surface area contributed by atoms with Gasteiger partial charge in [0.05, 0.1) is 7.11 Å². The van der Waals surface area contributed by atoms with Crippen LogP contribution >= 0.6 is 23.1 Å². The number of hydrogen-bond donors (Lipinski definition) is 1. The van der Waals surface area contributed by atoms with Crippen molar-refractivity contribution in [3.8, 4) is 16.3 Å². The maximum absolute atomic E-state index is 10.8. The highest BCUT2D eigenvalue weighted by atomic mass is 32.2. The van der Waals surface area contributed by atoms with Gasteiger partial charge in [-0.1, -0.05) is 23.1 Å². The van der Waals surface area contributed by atoms with Crippen LogP contribution in [0.15, 0.2) is 28.6 Å². The Kier molecular flexibility index (Phi) is 4.39. The van der Waals surface area contributed by atoms with Crippen molar-refractivity contribution in [3.63, 3.8) is 0 Å². The lowest BCUT2D eigenvalue weighted by Crippen LogP contribution is -2.10. The molecule has 0 spiro atoms. The number of nitrogens with zero attached hydrogens (tertiary/aromatic N) is 2. The Hall–Kier alpha value is -1.60. The molecular weight excluding hydrogens is 284 g/mol. The fourth-order valence-electron chi connectivity index (χ4n) is 1.31. The molecule has 0 bridgehead atoms. The molecule has 0 aliphatic heterocycles. The Bertz CT molecular complexity index is 569. The number of benzene rings is 1. The number of rotatable bonds is 5. The van der Waals surface area contributed by atoms with Gasteiger partial charge in [0.15, 0.2) is 4.34 Å². The monoisotopic (exact) mass is 296 g/mol. The van der Waals surface area contributed by atoms with E-state index in [9.17, 15) is 4.79 Å². The second-order valence-corrected chi connectivity index (χ2v) is 6.27. The zero-order valence-corrected chi connectivity index (χ0v) is 12.0. The van der Waals surface area contributed by atoms with E-state index in [4.69, 9.17) is 9.84 Å². The minimum atomic E-state index is -0.855. The summed E-state index contributed by atoms with van der Waals surface area (Å²) < 4.78 is 5.74. The molecule has 19 heavy (non-hydrogen) atoms. The molecule has 1 heterocycles. The third kappa shape index (κ3) is 3.45. The van der Waals surface area contributed by atoms with Crippen molar-refractivity contribution in [2.75, 3.05) is 7.11 Å². The lowest BCUT2D eigenvalue weighted by atomic mass is 10.2. The second kappa shape index (κ2) is 6.03. The third-order valence-electron chi connectivity index (χ3n) is 2.37. The van der Waals surface area contributed by atoms with Gasteiger partial charge in [-0.3, -0.25) is 4.79 Å². The second-order valence-electron chi connectivity index (χ2n) is 3.70. The molecule has 2 rings (SSSR count). The van der Waals surface area contributed by atoms with Gasteiger partial charge in [-0.25, -0.2) is 0 Å². The molecular formula is C12H12N2O3S2. The van der Waals surface area contributed by atoms with E-state index in [1.165, 1.54) is 23.1 Å². The van der Waals surface area contributed by atoms with Gasteiger partial charge in [-0.2, -0.15) is 0 Å². The van der Waals surface area contributed by atoms with Gasteiger partial charge in [-0.15, -0.1) is 10.2 Å². The molecule has 0 saturated carbocycles. The first-order valence-electron chi connectivity index (χ1n) is 5.47. The highest BCUT2D eigenvalue weighted by Gasteiger charge is 2.16. The van der Waals surface area contributed by atoms with Gasteiger partial charge in [0.1, 0.15) is 16.0 Å². The SMILES string of the molecule is COc1ccc(-c2nnc(SC(C)C(=O)O)s2)cc1. The molecule has 1 aromatic carbocycles. The molecule has 0 aliphatic carbocycles. The molecule has 1 unspecified atom stereocenters. The molecule has 1 aromatic heterocycles. The predicted octanol–water partition coefficient (Wildman–Crippen LogP) is 2.78. The Morgan fingerprint density at radius 2 is 2.05 bits per heavy atom. The van der Waals surface area contributed by atoms with Crippen LogP contribution in [0.2, 0.25) is 0 Å². The summed E-state index contributed by atoms with van der Waals surface area (Å²) >= 11 is 2.58. The smallest absolute Gasteiger partial charge is 0.316 e. The van der Waals surface area contributed by atoms with Crippen LogP contribution in [-0.4, -0.2) is 33.6 Å². The molecule has 0 radical (unpaired) electrons. The first kappa shape index (κ1) is 13.8. The number of methoxy groups -OCH3 is 1. The number of thioether (sulfide) groups is 1. The number of carbonyl (C=O) groups is 1. The average Bonchev–Trinajstić information content (AvgIpc) is 2.87. The Morgan fingerprint density at radius 1 is 1.37 bits per heavy atom. The van der Waals surface area contributed by atoms with E-state index in [1.54, 1.807) is 14.0 Å². The van der Waals surface area contributed by atoms with E-state index in [-0.39, 0.29) is 0 Å². The minimum absolute atomic E-state index is 0.531. The summed E-state index contributed by atoms with van der Waals surface area (Å²) in [6.07, 6.45) is 0. The molecule has 1 atom stereocenters. The summed E-state index contributed by atoms with van der Waals surface area (Å²) in [5, 5.41) is 17.1. The van der Waals surface area contributed by atoms with E-state index >= 15 is 0 Å². The van der Waals surface area contributed by atoms with Gasteiger partial charge >= 0.3 is 5.97 Å². The summed E-state index contributed by atoms with van der Waals surface area (Å²) in [5.41, 5.74) is 0.938. The molecule has 100 valence electrons. The van der Waals surface area contributed by atoms with Gasteiger partial charge in [0.2, 0.25) is 0 Å². The molecule has 2 aromatic rings. The molecule has 0 amide bonds. The van der Waals surface area contributed by atoms with Crippen LogP contribution in [-0.2, 0) is 4.79 Å². The van der Waals surface area contributed by atoms with Crippen molar-refractivity contribution >= 4 is 29.1 Å². The number of aromatic nitrogens is 2. The third-order valence-corrected chi connectivity index (χ3v) is 4.51. The number of aliphatic carboxylic acids is 1. The number of hydrogen-bond acceptors (Lipinski definition) is 6. The van der Waals surface area contributed by atoms with Crippen molar-refractivity contribution in [1.82, 2.24) is 10.2 Å². The fraction of sp³-hybridized carbons (Fsp3) is 0.250. The van der Waals surface area contributed by atoms with Crippen LogP contribution < -0.4 is 4.74 Å². The van der Waals surface area contributed by atoms with E-state index in [2.05, 4.69) is 10.2 Å². The van der Waals surface area contributed by atoms with Crippen LogP contribution in [0.3, 0.4) is 0 Å². The van der Waals surface area contributed by atoms with E-state index < -0.39 is 11.2 Å². The number of carboxylic acids is 1. The summed E-state index contributed by atoms with van der Waals surface area (Å²) in [4.78, 5) is 10.8. The van der Waals surface area contributed by atoms with Crippen molar-refractivity contribution in [2.24, 2.45) is 0 Å². The zero-order chi connectivity index (χ0) is 13.8. The maximum atomic E-state index is 10.8. The first-order valence-corrected chi connectivity index (χ1v) is 7.17. The Morgan fingerprint density at radius 3 is 2.63 bits per heavy atom. The highest BCUT2D eigenvalue weighted by molar-refractivity contribution is 8.02. The predicted molar refractivity (Wildman–Crippen MR) is 74.9 cm³/mol. The summed E-state index contributed by atoms with van der Waals surface area (Å²) in [5.74, 6) is -0.0754. The van der Waals surface area contributed by atoms with Gasteiger partial charge in [0.25, 0.3) is 0 Å². The van der Waals surface area contributed by atoms with Crippen LogP contribution in [0, 0.1) is 0 Å². The van der Waals surface area contributed by atoms with Crippen molar-refractivity contribution in [2.45, 2.75) is 16.5 Å². The molecule has 1 N–H and O–H groups in total. The summed E-state index contributed by atoms with van der Waals surface area (Å²) in [6.45, 7) is 1.63. The quantitative estimate of drug-likeness (QED) is 0.855. The van der Waals surface area contributed by atoms with Gasteiger partial charge in [-0.05, 0) is 31.2 Å². The van der Waals surface area contributed by atoms with Crippen LogP contribution in [0.25, 0.3) is 10.6 Å². The number of ether oxygens (including phenoxy) is 1. The Labute approximate surface area is 118 Å². The standard InChI is InChI=1S/C12H12N2O3S2/c1-7(11(15)16)18-12-14-13-10(19-12)8-3-5-9(17-2)6-4-8/h3-7H,1-2H3,(H,15,16). The largest absolute Gasteiger partial charge is 0.497 e. The van der Waals surface area contributed by atoms with E-state index in [1.807, 2.05) is 24.3 Å². The Balaban J connectivity index is 2.13. The summed E-state index contributed by atoms with van der Waals surface area (Å²) in [6, 6.07) is 7.50.